The Morgan fingerprint density at radius 2 is 2.18 bits per heavy atom. The number of carbonyl (C=O) groups excluding carboxylic acids is 1. The van der Waals surface area contributed by atoms with Crippen molar-refractivity contribution in [3.05, 3.63) is 94.2 Å². The largest absolute Gasteiger partial charge is 0.487 e. The van der Waals surface area contributed by atoms with Gasteiger partial charge in [-0.05, 0) is 42.4 Å². The maximum atomic E-state index is 12.7. The van der Waals surface area contributed by atoms with Crippen LogP contribution < -0.4 is 5.32 Å². The Kier molecular flexibility index (Phi) is 8.74. The van der Waals surface area contributed by atoms with Crippen LogP contribution in [0.5, 0.6) is 0 Å². The molecular weight excluding hydrogens is 360 g/mol. The Labute approximate surface area is 164 Å². The van der Waals surface area contributed by atoms with Crippen molar-refractivity contribution in [3.8, 4) is 0 Å². The average Bonchev–Trinajstić information content (AvgIpc) is 3.07. The van der Waals surface area contributed by atoms with Crippen molar-refractivity contribution < 1.29 is 18.3 Å². The van der Waals surface area contributed by atoms with Gasteiger partial charge in [0.1, 0.15) is 25.7 Å². The quantitative estimate of drug-likeness (QED) is 0.627. The summed E-state index contributed by atoms with van der Waals surface area (Å²) in [6.07, 6.45) is 15.9. The van der Waals surface area contributed by atoms with Gasteiger partial charge in [0.2, 0.25) is 0 Å². The van der Waals surface area contributed by atoms with E-state index in [0.717, 1.165) is 11.1 Å². The van der Waals surface area contributed by atoms with Crippen molar-refractivity contribution in [2.75, 3.05) is 26.5 Å². The zero-order valence-electron chi connectivity index (χ0n) is 15.8. The molecule has 0 fully saturated rings. The van der Waals surface area contributed by atoms with Crippen LogP contribution >= 0.6 is 0 Å². The van der Waals surface area contributed by atoms with Crippen LogP contribution in [-0.2, 0) is 9.53 Å². The Balaban J connectivity index is 2.13. The van der Waals surface area contributed by atoms with Crippen LogP contribution in [-0.4, -0.2) is 32.4 Å². The third-order valence-electron chi connectivity index (χ3n) is 3.92. The highest BCUT2D eigenvalue weighted by Crippen LogP contribution is 2.23. The number of hydrogen-bond acceptors (Lipinski definition) is 2. The fraction of sp³-hybridized carbons (Fsp3) is 0.261. The summed E-state index contributed by atoms with van der Waals surface area (Å²) in [6, 6.07) is 0. The number of rotatable bonds is 8. The average molecular weight is 383 g/mol. The molecule has 0 bridgehead atoms. The van der Waals surface area contributed by atoms with Crippen molar-refractivity contribution in [1.29, 1.82) is 0 Å². The van der Waals surface area contributed by atoms with Gasteiger partial charge in [-0.25, -0.2) is 8.78 Å². The van der Waals surface area contributed by atoms with E-state index >= 15 is 0 Å². The monoisotopic (exact) mass is 383 g/mol. The molecule has 2 aliphatic carbocycles. The van der Waals surface area contributed by atoms with E-state index in [1.54, 1.807) is 36.5 Å². The van der Waals surface area contributed by atoms with E-state index in [1.165, 1.54) is 0 Å². The van der Waals surface area contributed by atoms with E-state index in [-0.39, 0.29) is 19.1 Å². The van der Waals surface area contributed by atoms with Crippen molar-refractivity contribution in [2.45, 2.75) is 13.3 Å². The first-order chi connectivity index (χ1) is 13.7. The summed E-state index contributed by atoms with van der Waals surface area (Å²) in [6.45, 7) is 0.943. The fourth-order valence-corrected chi connectivity index (χ4v) is 2.51. The van der Waals surface area contributed by atoms with Crippen LogP contribution in [0.4, 0.5) is 8.78 Å². The van der Waals surface area contributed by atoms with E-state index in [4.69, 9.17) is 4.74 Å². The van der Waals surface area contributed by atoms with Crippen molar-refractivity contribution >= 4 is 5.91 Å². The van der Waals surface area contributed by atoms with Gasteiger partial charge in [-0.3, -0.25) is 4.79 Å². The summed E-state index contributed by atoms with van der Waals surface area (Å²) in [7, 11) is 0. The lowest BCUT2D eigenvalue weighted by molar-refractivity contribution is -0.117. The molecule has 0 heterocycles. The van der Waals surface area contributed by atoms with E-state index in [9.17, 15) is 13.6 Å². The molecule has 0 unspecified atom stereocenters. The molecule has 146 valence electrons. The fourth-order valence-electron chi connectivity index (χ4n) is 2.51. The third-order valence-corrected chi connectivity index (χ3v) is 3.92. The zero-order chi connectivity index (χ0) is 20.2. The molecule has 0 saturated heterocycles. The molecule has 0 aliphatic heterocycles. The number of halogens is 2. The SMILES string of the molecule is C/C=C\C=C1/CC(OCCF)=C=CC=C1C(=O)NCC1=C=CC(CF)=CC=C1. The van der Waals surface area contributed by atoms with Crippen LogP contribution in [0.2, 0.25) is 0 Å². The first-order valence-corrected chi connectivity index (χ1v) is 9.01. The van der Waals surface area contributed by atoms with Gasteiger partial charge in [-0.1, -0.05) is 36.1 Å². The topological polar surface area (TPSA) is 38.3 Å². The van der Waals surface area contributed by atoms with E-state index in [1.807, 2.05) is 25.2 Å². The molecule has 2 aliphatic rings. The van der Waals surface area contributed by atoms with Crippen molar-refractivity contribution in [1.82, 2.24) is 5.32 Å². The van der Waals surface area contributed by atoms with Gasteiger partial charge < -0.3 is 10.1 Å². The van der Waals surface area contributed by atoms with Crippen LogP contribution in [0.1, 0.15) is 13.3 Å². The Morgan fingerprint density at radius 1 is 1.32 bits per heavy atom. The number of nitrogens with one attached hydrogen (secondary N) is 1. The molecular formula is C23H23F2NO2. The first kappa shape index (κ1) is 21.2. The zero-order valence-corrected chi connectivity index (χ0v) is 15.8. The maximum absolute atomic E-state index is 12.7. The molecule has 0 saturated carbocycles. The molecule has 0 aromatic rings. The molecule has 3 nitrogen and oxygen atoms in total. The number of carbonyl (C=O) groups is 1. The molecule has 0 aromatic carbocycles. The lowest BCUT2D eigenvalue weighted by atomic mass is 10.0. The molecule has 1 N–H and O–H groups in total. The summed E-state index contributed by atoms with van der Waals surface area (Å²) < 4.78 is 30.5. The Bertz CT molecular complexity index is 872. The van der Waals surface area contributed by atoms with E-state index < -0.39 is 13.3 Å². The van der Waals surface area contributed by atoms with Gasteiger partial charge in [0.25, 0.3) is 5.91 Å². The van der Waals surface area contributed by atoms with Gasteiger partial charge in [0.15, 0.2) is 0 Å². The molecule has 1 amide bonds. The second-order valence-corrected chi connectivity index (χ2v) is 5.98. The number of amides is 1. The molecule has 0 aromatic heterocycles. The molecule has 2 rings (SSSR count). The highest BCUT2D eigenvalue weighted by molar-refractivity contribution is 5.98. The van der Waals surface area contributed by atoms with Crippen LogP contribution in [0, 0.1) is 0 Å². The smallest absolute Gasteiger partial charge is 0.251 e. The Hall–Kier alpha value is -3.13. The first-order valence-electron chi connectivity index (χ1n) is 9.01. The summed E-state index contributed by atoms with van der Waals surface area (Å²) >= 11 is 0. The minimum absolute atomic E-state index is 0.0453. The summed E-state index contributed by atoms with van der Waals surface area (Å²) in [5, 5.41) is 2.86. The Morgan fingerprint density at radius 3 is 2.93 bits per heavy atom. The predicted molar refractivity (Wildman–Crippen MR) is 107 cm³/mol. The molecule has 0 atom stereocenters. The van der Waals surface area contributed by atoms with Crippen LogP contribution in [0.15, 0.2) is 94.2 Å². The van der Waals surface area contributed by atoms with Crippen molar-refractivity contribution in [2.24, 2.45) is 0 Å². The molecule has 0 spiro atoms. The van der Waals surface area contributed by atoms with Gasteiger partial charge in [0.05, 0.1) is 6.54 Å². The standard InChI is InChI=1S/C23H23F2NO2/c1-2-3-8-20-15-21(28-14-13-24)9-5-10-22(20)23(27)26-17-19-7-4-6-18(16-25)11-12-19/h2-8,10-11H,13-17H2,1H3,(H,26,27)/b3-2-,20-8+. The third kappa shape index (κ3) is 6.55. The molecule has 0 radical (unpaired) electrons. The number of ether oxygens (including phenoxy) is 1. The molecule has 28 heavy (non-hydrogen) atoms. The highest BCUT2D eigenvalue weighted by Gasteiger charge is 2.17. The van der Waals surface area contributed by atoms with E-state index in [0.29, 0.717) is 23.3 Å². The van der Waals surface area contributed by atoms with Crippen LogP contribution in [0.3, 0.4) is 0 Å². The second-order valence-electron chi connectivity index (χ2n) is 5.98. The highest BCUT2D eigenvalue weighted by atomic mass is 19.1. The minimum atomic E-state index is -0.588. The number of alkyl halides is 2. The van der Waals surface area contributed by atoms with Gasteiger partial charge >= 0.3 is 0 Å². The summed E-state index contributed by atoms with van der Waals surface area (Å²) in [5.74, 6) is 0.223. The van der Waals surface area contributed by atoms with Gasteiger partial charge in [-0.2, -0.15) is 0 Å². The van der Waals surface area contributed by atoms with Gasteiger partial charge in [0, 0.05) is 17.6 Å². The normalized spacial score (nSPS) is 17.6. The molecule has 5 heteroatoms. The summed E-state index contributed by atoms with van der Waals surface area (Å²) in [5.41, 5.74) is 8.41. The summed E-state index contributed by atoms with van der Waals surface area (Å²) in [4.78, 5) is 12.7. The maximum Gasteiger partial charge on any atom is 0.251 e. The van der Waals surface area contributed by atoms with Gasteiger partial charge in [-0.15, -0.1) is 5.73 Å². The lowest BCUT2D eigenvalue weighted by Crippen LogP contribution is -2.27. The second kappa shape index (κ2) is 11.6. The lowest BCUT2D eigenvalue weighted by Gasteiger charge is -2.12. The number of hydrogen-bond donors (Lipinski definition) is 1. The van der Waals surface area contributed by atoms with E-state index in [2.05, 4.69) is 16.8 Å². The van der Waals surface area contributed by atoms with Crippen LogP contribution in [0.25, 0.3) is 0 Å². The minimum Gasteiger partial charge on any atom is -0.487 e. The predicted octanol–water partition coefficient (Wildman–Crippen LogP) is 4.51. The number of allylic oxidation sites excluding steroid dienone is 8. The van der Waals surface area contributed by atoms with Crippen molar-refractivity contribution in [3.63, 3.8) is 0 Å².